The largest absolute Gasteiger partial charge is 0.494 e. The van der Waals surface area contributed by atoms with E-state index in [2.05, 4.69) is 44.4 Å². The van der Waals surface area contributed by atoms with Crippen LogP contribution in [-0.4, -0.2) is 61.1 Å². The van der Waals surface area contributed by atoms with Crippen molar-refractivity contribution in [2.75, 3.05) is 61.2 Å². The first-order valence-corrected chi connectivity index (χ1v) is 13.1. The van der Waals surface area contributed by atoms with Crippen molar-refractivity contribution in [2.24, 2.45) is 0 Å². The first kappa shape index (κ1) is 29.7. The Bertz CT molecular complexity index is 1280. The molecule has 0 spiro atoms. The molecule has 0 saturated carbocycles. The molecular weight excluding hydrogens is 521 g/mol. The lowest BCUT2D eigenvalue weighted by atomic mass is 10.2. The van der Waals surface area contributed by atoms with Gasteiger partial charge in [-0.05, 0) is 30.8 Å². The molecule has 0 unspecified atom stereocenters. The van der Waals surface area contributed by atoms with Gasteiger partial charge in [-0.1, -0.05) is 44.2 Å². The summed E-state index contributed by atoms with van der Waals surface area (Å²) in [4.78, 5) is 24.5. The standard InChI is InChI=1S/C26H29ClFN7O2.C2H6/c1-4-24(36)31-18-7-5-6-17(12-18)15-29-25-19(27)16-30-26(33-25)32-21-13-20(28)22(14-23(21)37-3)35-10-8-34(2)9-11-35;1-2/h4-7,12-14,16H,1,8-11,15H2,2-3H3,(H,31,36)(H2,29,30,32,33);1-2H3. The third-order valence-electron chi connectivity index (χ3n) is 5.94. The normalized spacial score (nSPS) is 13.1. The minimum absolute atomic E-state index is 0.226. The van der Waals surface area contributed by atoms with Gasteiger partial charge in [0.1, 0.15) is 16.6 Å². The van der Waals surface area contributed by atoms with Crippen molar-refractivity contribution in [1.82, 2.24) is 14.9 Å². The van der Waals surface area contributed by atoms with Crippen LogP contribution in [-0.2, 0) is 11.3 Å². The molecule has 0 bridgehead atoms. The summed E-state index contributed by atoms with van der Waals surface area (Å²) in [7, 11) is 3.59. The topological polar surface area (TPSA) is 94.6 Å². The molecule has 1 saturated heterocycles. The van der Waals surface area contributed by atoms with Crippen LogP contribution in [0.15, 0.2) is 55.3 Å². The number of carbonyl (C=O) groups excluding carboxylic acids is 1. The molecule has 0 radical (unpaired) electrons. The van der Waals surface area contributed by atoms with E-state index in [1.165, 1.54) is 25.4 Å². The summed E-state index contributed by atoms with van der Waals surface area (Å²) in [5, 5.41) is 9.26. The highest BCUT2D eigenvalue weighted by atomic mass is 35.5. The van der Waals surface area contributed by atoms with Gasteiger partial charge in [0.2, 0.25) is 11.9 Å². The number of piperazine rings is 1. The molecular formula is C28H35ClFN7O2. The first-order chi connectivity index (χ1) is 18.9. The number of halogens is 2. The van der Waals surface area contributed by atoms with E-state index in [4.69, 9.17) is 16.3 Å². The van der Waals surface area contributed by atoms with Gasteiger partial charge in [-0.15, -0.1) is 0 Å². The molecule has 1 fully saturated rings. The van der Waals surface area contributed by atoms with Crippen LogP contribution in [0.25, 0.3) is 0 Å². The molecule has 4 rings (SSSR count). The van der Waals surface area contributed by atoms with E-state index in [1.807, 2.05) is 36.9 Å². The number of likely N-dealkylation sites (N-methyl/N-ethyl adjacent to an activating group) is 1. The number of rotatable bonds is 9. The van der Waals surface area contributed by atoms with E-state index in [0.29, 0.717) is 40.2 Å². The Kier molecular flexibility index (Phi) is 10.9. The van der Waals surface area contributed by atoms with Crippen LogP contribution >= 0.6 is 11.6 Å². The van der Waals surface area contributed by atoms with Crippen LogP contribution in [0.2, 0.25) is 5.02 Å². The Labute approximate surface area is 234 Å². The van der Waals surface area contributed by atoms with Crippen LogP contribution in [0.3, 0.4) is 0 Å². The SMILES string of the molecule is C=CC(=O)Nc1cccc(CNc2nc(Nc3cc(F)c(N4CCN(C)CC4)cc3OC)ncc2Cl)c1.CC. The number of carbonyl (C=O) groups is 1. The van der Waals surface area contributed by atoms with E-state index in [-0.39, 0.29) is 17.7 Å². The second kappa shape index (κ2) is 14.3. The van der Waals surface area contributed by atoms with Gasteiger partial charge in [-0.25, -0.2) is 9.37 Å². The molecule has 39 heavy (non-hydrogen) atoms. The zero-order valence-corrected chi connectivity index (χ0v) is 23.5. The Hall–Kier alpha value is -3.89. The zero-order valence-electron chi connectivity index (χ0n) is 22.7. The molecule has 11 heteroatoms. The Morgan fingerprint density at radius 3 is 2.64 bits per heavy atom. The van der Waals surface area contributed by atoms with E-state index < -0.39 is 0 Å². The second-order valence-electron chi connectivity index (χ2n) is 8.56. The summed E-state index contributed by atoms with van der Waals surface area (Å²) in [5.74, 6) is 0.450. The smallest absolute Gasteiger partial charge is 0.247 e. The predicted octanol–water partition coefficient (Wildman–Crippen LogP) is 5.54. The van der Waals surface area contributed by atoms with Crippen molar-refractivity contribution in [1.29, 1.82) is 0 Å². The molecule has 1 aromatic heterocycles. The molecule has 1 amide bonds. The molecule has 0 aliphatic carbocycles. The molecule has 3 N–H and O–H groups in total. The number of nitrogens with zero attached hydrogens (tertiary/aromatic N) is 4. The van der Waals surface area contributed by atoms with Gasteiger partial charge in [0.25, 0.3) is 0 Å². The number of benzene rings is 2. The van der Waals surface area contributed by atoms with E-state index in [1.54, 1.807) is 12.1 Å². The third-order valence-corrected chi connectivity index (χ3v) is 6.22. The minimum Gasteiger partial charge on any atom is -0.494 e. The summed E-state index contributed by atoms with van der Waals surface area (Å²) in [6.07, 6.45) is 2.67. The van der Waals surface area contributed by atoms with Gasteiger partial charge in [-0.3, -0.25) is 4.79 Å². The molecule has 2 aromatic carbocycles. The summed E-state index contributed by atoms with van der Waals surface area (Å²) in [6.45, 7) is 11.1. The fourth-order valence-corrected chi connectivity index (χ4v) is 4.07. The molecule has 3 aromatic rings. The molecule has 0 atom stereocenters. The zero-order chi connectivity index (χ0) is 28.4. The van der Waals surface area contributed by atoms with Crippen molar-refractivity contribution in [3.8, 4) is 5.75 Å². The maximum atomic E-state index is 15.1. The van der Waals surface area contributed by atoms with E-state index >= 15 is 4.39 Å². The lowest BCUT2D eigenvalue weighted by Crippen LogP contribution is -2.44. The van der Waals surface area contributed by atoms with Crippen LogP contribution in [0, 0.1) is 5.82 Å². The summed E-state index contributed by atoms with van der Waals surface area (Å²) in [5.41, 5.74) is 2.45. The van der Waals surface area contributed by atoms with Crippen LogP contribution in [0.4, 0.5) is 33.2 Å². The first-order valence-electron chi connectivity index (χ1n) is 12.7. The Morgan fingerprint density at radius 2 is 1.95 bits per heavy atom. The third kappa shape index (κ3) is 8.05. The van der Waals surface area contributed by atoms with Crippen molar-refractivity contribution in [2.45, 2.75) is 20.4 Å². The number of hydrogen-bond donors (Lipinski definition) is 3. The number of ether oxygens (including phenoxy) is 1. The summed E-state index contributed by atoms with van der Waals surface area (Å²) < 4.78 is 20.6. The maximum Gasteiger partial charge on any atom is 0.247 e. The lowest BCUT2D eigenvalue weighted by molar-refractivity contribution is -0.111. The lowest BCUT2D eigenvalue weighted by Gasteiger charge is -2.34. The van der Waals surface area contributed by atoms with Crippen molar-refractivity contribution in [3.63, 3.8) is 0 Å². The molecule has 208 valence electrons. The monoisotopic (exact) mass is 555 g/mol. The molecule has 1 aliphatic rings. The number of amides is 1. The van der Waals surface area contributed by atoms with E-state index in [0.717, 1.165) is 31.7 Å². The van der Waals surface area contributed by atoms with Crippen molar-refractivity contribution >= 4 is 46.3 Å². The number of methoxy groups -OCH3 is 1. The fourth-order valence-electron chi connectivity index (χ4n) is 3.91. The van der Waals surface area contributed by atoms with Crippen molar-refractivity contribution in [3.05, 3.63) is 71.7 Å². The predicted molar refractivity (Wildman–Crippen MR) is 157 cm³/mol. The summed E-state index contributed by atoms with van der Waals surface area (Å²) >= 11 is 6.31. The highest BCUT2D eigenvalue weighted by Gasteiger charge is 2.20. The fraction of sp³-hybridized carbons (Fsp3) is 0.321. The number of anilines is 5. The number of nitrogens with one attached hydrogen (secondary N) is 3. The highest BCUT2D eigenvalue weighted by Crippen LogP contribution is 2.35. The Morgan fingerprint density at radius 1 is 1.21 bits per heavy atom. The number of hydrogen-bond acceptors (Lipinski definition) is 8. The quantitative estimate of drug-likeness (QED) is 0.296. The van der Waals surface area contributed by atoms with Crippen molar-refractivity contribution < 1.29 is 13.9 Å². The van der Waals surface area contributed by atoms with E-state index in [9.17, 15) is 4.79 Å². The Balaban J connectivity index is 0.00000205. The molecule has 1 aliphatic heterocycles. The number of aromatic nitrogens is 2. The summed E-state index contributed by atoms with van der Waals surface area (Å²) in [6, 6.07) is 10.4. The van der Waals surface area contributed by atoms with Gasteiger partial charge < -0.3 is 30.5 Å². The molecule has 2 heterocycles. The average Bonchev–Trinajstić information content (AvgIpc) is 2.95. The van der Waals surface area contributed by atoms with Gasteiger partial charge in [0.15, 0.2) is 5.82 Å². The average molecular weight is 556 g/mol. The minimum atomic E-state index is -0.358. The van der Waals surface area contributed by atoms with Gasteiger partial charge >= 0.3 is 0 Å². The van der Waals surface area contributed by atoms with Gasteiger partial charge in [0, 0.05) is 50.5 Å². The van der Waals surface area contributed by atoms with Crippen LogP contribution in [0.5, 0.6) is 5.75 Å². The second-order valence-corrected chi connectivity index (χ2v) is 8.96. The van der Waals surface area contributed by atoms with Crippen LogP contribution < -0.4 is 25.6 Å². The molecule has 9 nitrogen and oxygen atoms in total. The van der Waals surface area contributed by atoms with Gasteiger partial charge in [0.05, 0.1) is 24.7 Å². The van der Waals surface area contributed by atoms with Gasteiger partial charge in [-0.2, -0.15) is 4.98 Å². The maximum absolute atomic E-state index is 15.1. The van der Waals surface area contributed by atoms with Crippen LogP contribution in [0.1, 0.15) is 19.4 Å². The highest BCUT2D eigenvalue weighted by molar-refractivity contribution is 6.32.